The Kier molecular flexibility index (Phi) is 5.96. The molecule has 132 valence electrons. The minimum Gasteiger partial charge on any atom is -0.241 e. The van der Waals surface area contributed by atoms with Crippen LogP contribution in [-0.4, -0.2) is 19.7 Å². The predicted octanol–water partition coefficient (Wildman–Crippen LogP) is 4.63. The SMILES string of the molecule is CCc1csc(-c2csc(S(=O)(=O)NCc3ccc(SC)cc3)c2)n1. The molecule has 0 atom stereocenters. The highest BCUT2D eigenvalue weighted by molar-refractivity contribution is 7.98. The molecule has 0 spiro atoms. The van der Waals surface area contributed by atoms with Crippen LogP contribution < -0.4 is 4.72 Å². The number of hydrogen-bond donors (Lipinski definition) is 1. The lowest BCUT2D eigenvalue weighted by Gasteiger charge is -2.05. The Bertz CT molecular complexity index is 943. The van der Waals surface area contributed by atoms with Gasteiger partial charge in [-0.1, -0.05) is 19.1 Å². The molecule has 0 amide bonds. The Morgan fingerprint density at radius 1 is 1.16 bits per heavy atom. The minimum atomic E-state index is -3.52. The van der Waals surface area contributed by atoms with Gasteiger partial charge in [-0.05, 0) is 36.4 Å². The van der Waals surface area contributed by atoms with Crippen molar-refractivity contribution in [3.63, 3.8) is 0 Å². The monoisotopic (exact) mass is 410 g/mol. The Morgan fingerprint density at radius 2 is 1.92 bits per heavy atom. The fourth-order valence-corrected chi connectivity index (χ4v) is 5.76. The van der Waals surface area contributed by atoms with E-state index in [4.69, 9.17) is 0 Å². The lowest BCUT2D eigenvalue weighted by Crippen LogP contribution is -2.22. The van der Waals surface area contributed by atoms with Crippen LogP contribution in [0.5, 0.6) is 0 Å². The van der Waals surface area contributed by atoms with Crippen LogP contribution in [0.4, 0.5) is 0 Å². The molecule has 0 aliphatic heterocycles. The second-order valence-corrected chi connectivity index (χ2v) is 9.97. The quantitative estimate of drug-likeness (QED) is 0.577. The highest BCUT2D eigenvalue weighted by atomic mass is 32.2. The lowest BCUT2D eigenvalue weighted by atomic mass is 10.2. The van der Waals surface area contributed by atoms with Gasteiger partial charge >= 0.3 is 0 Å². The number of thiophene rings is 1. The molecule has 8 heteroatoms. The summed E-state index contributed by atoms with van der Waals surface area (Å²) in [6, 6.07) is 9.56. The van der Waals surface area contributed by atoms with Gasteiger partial charge in [0, 0.05) is 27.8 Å². The molecule has 3 aromatic rings. The molecule has 0 unspecified atom stereocenters. The Labute approximate surface area is 160 Å². The second-order valence-electron chi connectivity index (χ2n) is 5.32. The Hall–Kier alpha value is -1.19. The van der Waals surface area contributed by atoms with Crippen LogP contribution in [0.3, 0.4) is 0 Å². The molecule has 0 radical (unpaired) electrons. The average molecular weight is 411 g/mol. The number of aromatic nitrogens is 1. The van der Waals surface area contributed by atoms with Crippen molar-refractivity contribution in [3.05, 3.63) is 52.3 Å². The van der Waals surface area contributed by atoms with Gasteiger partial charge in [0.2, 0.25) is 10.0 Å². The van der Waals surface area contributed by atoms with Crippen molar-refractivity contribution in [1.82, 2.24) is 9.71 Å². The predicted molar refractivity (Wildman–Crippen MR) is 107 cm³/mol. The number of thioether (sulfide) groups is 1. The van der Waals surface area contributed by atoms with E-state index in [2.05, 4.69) is 16.6 Å². The van der Waals surface area contributed by atoms with Gasteiger partial charge in [0.1, 0.15) is 9.22 Å². The lowest BCUT2D eigenvalue weighted by molar-refractivity contribution is 0.583. The fourth-order valence-electron chi connectivity index (χ4n) is 2.16. The Morgan fingerprint density at radius 3 is 2.56 bits per heavy atom. The van der Waals surface area contributed by atoms with Gasteiger partial charge in [0.15, 0.2) is 0 Å². The van der Waals surface area contributed by atoms with Crippen molar-refractivity contribution >= 4 is 44.5 Å². The standard InChI is InChI=1S/C17H18N2O2S4/c1-3-14-11-24-17(19-14)13-8-16(23-10-13)25(20,21)18-9-12-4-6-15(22-2)7-5-12/h4-8,10-11,18H,3,9H2,1-2H3. The summed E-state index contributed by atoms with van der Waals surface area (Å²) in [5.74, 6) is 0. The summed E-state index contributed by atoms with van der Waals surface area (Å²) in [4.78, 5) is 5.67. The van der Waals surface area contributed by atoms with Crippen molar-refractivity contribution in [2.45, 2.75) is 29.0 Å². The average Bonchev–Trinajstić information content (AvgIpc) is 3.29. The number of nitrogens with zero attached hydrogens (tertiary/aromatic N) is 1. The van der Waals surface area contributed by atoms with E-state index in [0.29, 0.717) is 4.21 Å². The van der Waals surface area contributed by atoms with E-state index >= 15 is 0 Å². The summed E-state index contributed by atoms with van der Waals surface area (Å²) in [5, 5.41) is 4.72. The third-order valence-corrected chi connectivity index (χ3v) is 8.15. The molecule has 0 saturated carbocycles. The summed E-state index contributed by atoms with van der Waals surface area (Å²) in [7, 11) is -3.52. The van der Waals surface area contributed by atoms with E-state index in [-0.39, 0.29) is 6.54 Å². The zero-order chi connectivity index (χ0) is 17.9. The summed E-state index contributed by atoms with van der Waals surface area (Å²) in [5.41, 5.74) is 2.83. The maximum Gasteiger partial charge on any atom is 0.250 e. The van der Waals surface area contributed by atoms with Gasteiger partial charge in [0.05, 0.1) is 5.69 Å². The van der Waals surface area contributed by atoms with Crippen LogP contribution in [0.25, 0.3) is 10.6 Å². The van der Waals surface area contributed by atoms with E-state index < -0.39 is 10.0 Å². The van der Waals surface area contributed by atoms with E-state index in [1.165, 1.54) is 11.3 Å². The molecular formula is C17H18N2O2S4. The van der Waals surface area contributed by atoms with Crippen LogP contribution in [0.1, 0.15) is 18.2 Å². The first kappa shape index (κ1) is 18.6. The number of nitrogens with one attached hydrogen (secondary N) is 1. The summed E-state index contributed by atoms with van der Waals surface area (Å²) in [6.07, 6.45) is 2.89. The molecule has 1 N–H and O–H groups in total. The molecule has 0 bridgehead atoms. The molecule has 0 aliphatic carbocycles. The molecule has 2 heterocycles. The van der Waals surface area contributed by atoms with Crippen LogP contribution >= 0.6 is 34.4 Å². The maximum atomic E-state index is 12.5. The summed E-state index contributed by atoms with van der Waals surface area (Å²) < 4.78 is 28.0. The first-order valence-electron chi connectivity index (χ1n) is 7.67. The molecule has 3 rings (SSSR count). The van der Waals surface area contributed by atoms with E-state index in [1.54, 1.807) is 29.2 Å². The number of sulfonamides is 1. The van der Waals surface area contributed by atoms with E-state index in [1.807, 2.05) is 41.3 Å². The molecular weight excluding hydrogens is 392 g/mol. The molecule has 4 nitrogen and oxygen atoms in total. The Balaban J connectivity index is 1.71. The highest BCUT2D eigenvalue weighted by Gasteiger charge is 2.18. The van der Waals surface area contributed by atoms with Crippen LogP contribution in [0.15, 0.2) is 50.2 Å². The first-order chi connectivity index (χ1) is 12.0. The van der Waals surface area contributed by atoms with E-state index in [0.717, 1.165) is 33.1 Å². The van der Waals surface area contributed by atoms with Gasteiger partial charge in [-0.3, -0.25) is 0 Å². The number of thiazole rings is 1. The molecule has 0 aliphatic rings. The maximum absolute atomic E-state index is 12.5. The van der Waals surface area contributed by atoms with Gasteiger partial charge in [-0.15, -0.1) is 34.4 Å². The summed E-state index contributed by atoms with van der Waals surface area (Å²) >= 11 is 4.43. The summed E-state index contributed by atoms with van der Waals surface area (Å²) in [6.45, 7) is 2.33. The number of benzene rings is 1. The fraction of sp³-hybridized carbons (Fsp3) is 0.235. The van der Waals surface area contributed by atoms with Crippen molar-refractivity contribution in [2.75, 3.05) is 6.26 Å². The third kappa shape index (κ3) is 4.51. The van der Waals surface area contributed by atoms with Gasteiger partial charge in [-0.25, -0.2) is 18.1 Å². The zero-order valence-electron chi connectivity index (χ0n) is 13.9. The van der Waals surface area contributed by atoms with Crippen molar-refractivity contribution < 1.29 is 8.42 Å². The largest absolute Gasteiger partial charge is 0.250 e. The normalized spacial score (nSPS) is 11.8. The second kappa shape index (κ2) is 8.01. The minimum absolute atomic E-state index is 0.279. The smallest absolute Gasteiger partial charge is 0.241 e. The zero-order valence-corrected chi connectivity index (χ0v) is 17.1. The third-order valence-electron chi connectivity index (χ3n) is 3.63. The highest BCUT2D eigenvalue weighted by Crippen LogP contribution is 2.30. The van der Waals surface area contributed by atoms with Crippen LogP contribution in [0.2, 0.25) is 0 Å². The van der Waals surface area contributed by atoms with Crippen LogP contribution in [0, 0.1) is 0 Å². The number of aryl methyl sites for hydroxylation is 1. The molecule has 2 aromatic heterocycles. The van der Waals surface area contributed by atoms with Crippen LogP contribution in [-0.2, 0) is 23.0 Å². The van der Waals surface area contributed by atoms with Gasteiger partial charge in [0.25, 0.3) is 0 Å². The first-order valence-corrected chi connectivity index (χ1v) is 12.1. The molecule has 1 aromatic carbocycles. The topological polar surface area (TPSA) is 59.1 Å². The number of rotatable bonds is 7. The van der Waals surface area contributed by atoms with E-state index in [9.17, 15) is 8.42 Å². The van der Waals surface area contributed by atoms with Gasteiger partial charge in [-0.2, -0.15) is 0 Å². The van der Waals surface area contributed by atoms with Gasteiger partial charge < -0.3 is 0 Å². The van der Waals surface area contributed by atoms with Crippen molar-refractivity contribution in [2.24, 2.45) is 0 Å². The van der Waals surface area contributed by atoms with Crippen molar-refractivity contribution in [3.8, 4) is 10.6 Å². The molecule has 0 fully saturated rings. The molecule has 0 saturated heterocycles. The van der Waals surface area contributed by atoms with Crippen molar-refractivity contribution in [1.29, 1.82) is 0 Å². The number of hydrogen-bond acceptors (Lipinski definition) is 6. The molecule has 25 heavy (non-hydrogen) atoms.